The summed E-state index contributed by atoms with van der Waals surface area (Å²) in [5.41, 5.74) is 0. The molecule has 0 aromatic carbocycles. The van der Waals surface area contributed by atoms with Crippen molar-refractivity contribution in [1.82, 2.24) is 25.5 Å². The van der Waals surface area contributed by atoms with Crippen molar-refractivity contribution >= 4 is 0 Å². The molecule has 5 heteroatoms. The Morgan fingerprint density at radius 3 is 2.87 bits per heavy atom. The van der Waals surface area contributed by atoms with Gasteiger partial charge in [0.2, 0.25) is 0 Å². The van der Waals surface area contributed by atoms with Gasteiger partial charge in [0.15, 0.2) is 5.82 Å². The van der Waals surface area contributed by atoms with E-state index in [2.05, 4.69) is 27.7 Å². The Kier molecular flexibility index (Phi) is 3.30. The number of hydrogen-bond acceptors (Lipinski definition) is 4. The average molecular weight is 209 g/mol. The number of tetrazole rings is 1. The molecular formula is C10H19N5. The molecule has 1 unspecified atom stereocenters. The van der Waals surface area contributed by atoms with Crippen molar-refractivity contribution in [3.8, 4) is 0 Å². The van der Waals surface area contributed by atoms with Gasteiger partial charge in [0.25, 0.3) is 0 Å². The molecule has 1 heterocycles. The minimum atomic E-state index is 0.652. The first kappa shape index (κ1) is 10.5. The van der Waals surface area contributed by atoms with E-state index in [0.717, 1.165) is 31.1 Å². The van der Waals surface area contributed by atoms with Crippen LogP contribution in [0.3, 0.4) is 0 Å². The number of rotatable bonds is 6. The maximum Gasteiger partial charge on any atom is 0.174 e. The third-order valence-corrected chi connectivity index (χ3v) is 2.89. The summed E-state index contributed by atoms with van der Waals surface area (Å²) >= 11 is 0. The lowest BCUT2D eigenvalue weighted by Crippen LogP contribution is -2.31. The Bertz CT molecular complexity index is 305. The van der Waals surface area contributed by atoms with Gasteiger partial charge in [-0.05, 0) is 36.9 Å². The van der Waals surface area contributed by atoms with E-state index in [0.29, 0.717) is 6.04 Å². The van der Waals surface area contributed by atoms with E-state index in [4.69, 9.17) is 0 Å². The Labute approximate surface area is 90.2 Å². The highest BCUT2D eigenvalue weighted by atomic mass is 15.6. The first-order valence-corrected chi connectivity index (χ1v) is 5.76. The summed E-state index contributed by atoms with van der Waals surface area (Å²) in [6, 6.07) is 0.652. The van der Waals surface area contributed by atoms with Crippen LogP contribution in [0.1, 0.15) is 32.0 Å². The molecule has 1 N–H and O–H groups in total. The van der Waals surface area contributed by atoms with Crippen LogP contribution in [-0.2, 0) is 13.5 Å². The summed E-state index contributed by atoms with van der Waals surface area (Å²) in [6.45, 7) is 3.21. The quantitative estimate of drug-likeness (QED) is 0.742. The second-order valence-electron chi connectivity index (χ2n) is 4.24. The minimum Gasteiger partial charge on any atom is -0.314 e. The highest BCUT2D eigenvalue weighted by Gasteiger charge is 2.30. The van der Waals surface area contributed by atoms with Crippen LogP contribution in [0.25, 0.3) is 0 Å². The van der Waals surface area contributed by atoms with Crippen LogP contribution in [0.4, 0.5) is 0 Å². The summed E-state index contributed by atoms with van der Waals surface area (Å²) in [4.78, 5) is 1.52. The van der Waals surface area contributed by atoms with Crippen molar-refractivity contribution in [1.29, 1.82) is 0 Å². The highest BCUT2D eigenvalue weighted by Crippen LogP contribution is 2.34. The Balaban J connectivity index is 1.79. The summed E-state index contributed by atoms with van der Waals surface area (Å²) in [6.07, 6.45) is 4.82. The van der Waals surface area contributed by atoms with E-state index in [1.165, 1.54) is 17.6 Å². The number of nitrogens with one attached hydrogen (secondary N) is 1. The monoisotopic (exact) mass is 209 g/mol. The summed E-state index contributed by atoms with van der Waals surface area (Å²) in [7, 11) is 1.80. The lowest BCUT2D eigenvalue weighted by atomic mass is 10.1. The molecule has 0 amide bonds. The molecule has 0 bridgehead atoms. The zero-order chi connectivity index (χ0) is 10.7. The van der Waals surface area contributed by atoms with Crippen LogP contribution in [0.5, 0.6) is 0 Å². The lowest BCUT2D eigenvalue weighted by Gasteiger charge is -2.15. The highest BCUT2D eigenvalue weighted by molar-refractivity contribution is 4.89. The lowest BCUT2D eigenvalue weighted by molar-refractivity contribution is 0.442. The fourth-order valence-electron chi connectivity index (χ4n) is 1.97. The van der Waals surface area contributed by atoms with Crippen molar-refractivity contribution in [2.45, 2.75) is 38.6 Å². The number of aromatic nitrogens is 4. The Morgan fingerprint density at radius 2 is 2.33 bits per heavy atom. The standard InChI is InChI=1S/C10H19N5/c1-3-11-9(8-4-5-8)6-7-10-12-14-15(2)13-10/h8-9,11H,3-7H2,1-2H3. The molecule has 1 aliphatic carbocycles. The van der Waals surface area contributed by atoms with E-state index in [1.54, 1.807) is 7.05 Å². The normalized spacial score (nSPS) is 18.0. The van der Waals surface area contributed by atoms with Crippen LogP contribution in [0, 0.1) is 5.92 Å². The molecule has 1 aliphatic rings. The molecular weight excluding hydrogens is 190 g/mol. The zero-order valence-corrected chi connectivity index (χ0v) is 9.48. The van der Waals surface area contributed by atoms with Gasteiger partial charge in [-0.1, -0.05) is 6.92 Å². The van der Waals surface area contributed by atoms with Gasteiger partial charge < -0.3 is 5.32 Å². The van der Waals surface area contributed by atoms with E-state index < -0.39 is 0 Å². The minimum absolute atomic E-state index is 0.652. The van der Waals surface area contributed by atoms with E-state index in [9.17, 15) is 0 Å². The maximum absolute atomic E-state index is 4.19. The third-order valence-electron chi connectivity index (χ3n) is 2.89. The molecule has 5 nitrogen and oxygen atoms in total. The molecule has 0 saturated heterocycles. The summed E-state index contributed by atoms with van der Waals surface area (Å²) < 4.78 is 0. The van der Waals surface area contributed by atoms with Gasteiger partial charge in [0.1, 0.15) is 0 Å². The van der Waals surface area contributed by atoms with Crippen LogP contribution >= 0.6 is 0 Å². The maximum atomic E-state index is 4.19. The van der Waals surface area contributed by atoms with Crippen molar-refractivity contribution in [2.75, 3.05) is 6.54 Å². The van der Waals surface area contributed by atoms with Crippen molar-refractivity contribution in [3.63, 3.8) is 0 Å². The van der Waals surface area contributed by atoms with Gasteiger partial charge in [0.05, 0.1) is 7.05 Å². The Morgan fingerprint density at radius 1 is 1.53 bits per heavy atom. The molecule has 0 radical (unpaired) electrons. The third kappa shape index (κ3) is 2.99. The predicted octanol–water partition coefficient (Wildman–Crippen LogP) is 0.531. The molecule has 15 heavy (non-hydrogen) atoms. The van der Waals surface area contributed by atoms with Crippen LogP contribution in [0.15, 0.2) is 0 Å². The topological polar surface area (TPSA) is 55.6 Å². The molecule has 1 fully saturated rings. The second-order valence-corrected chi connectivity index (χ2v) is 4.24. The van der Waals surface area contributed by atoms with E-state index in [1.807, 2.05) is 0 Å². The fraction of sp³-hybridized carbons (Fsp3) is 0.900. The van der Waals surface area contributed by atoms with Gasteiger partial charge in [-0.3, -0.25) is 0 Å². The number of aryl methyl sites for hydroxylation is 2. The molecule has 1 atom stereocenters. The molecule has 84 valence electrons. The van der Waals surface area contributed by atoms with Crippen molar-refractivity contribution in [3.05, 3.63) is 5.82 Å². The molecule has 0 aliphatic heterocycles. The fourth-order valence-corrected chi connectivity index (χ4v) is 1.97. The van der Waals surface area contributed by atoms with Gasteiger partial charge in [-0.2, -0.15) is 4.80 Å². The van der Waals surface area contributed by atoms with E-state index >= 15 is 0 Å². The zero-order valence-electron chi connectivity index (χ0n) is 9.48. The molecule has 0 spiro atoms. The van der Waals surface area contributed by atoms with Crippen molar-refractivity contribution in [2.24, 2.45) is 13.0 Å². The average Bonchev–Trinajstić information content (AvgIpc) is 2.97. The first-order valence-electron chi connectivity index (χ1n) is 5.76. The second kappa shape index (κ2) is 4.70. The van der Waals surface area contributed by atoms with Crippen LogP contribution in [0.2, 0.25) is 0 Å². The molecule has 2 rings (SSSR count). The largest absolute Gasteiger partial charge is 0.314 e. The van der Waals surface area contributed by atoms with Crippen LogP contribution in [-0.4, -0.2) is 32.8 Å². The van der Waals surface area contributed by atoms with E-state index in [-0.39, 0.29) is 0 Å². The molecule has 1 aromatic rings. The number of nitrogens with zero attached hydrogens (tertiary/aromatic N) is 4. The summed E-state index contributed by atoms with van der Waals surface area (Å²) in [5, 5.41) is 15.6. The predicted molar refractivity (Wildman–Crippen MR) is 57.3 cm³/mol. The Hall–Kier alpha value is -0.970. The first-order chi connectivity index (χ1) is 7.29. The van der Waals surface area contributed by atoms with Gasteiger partial charge in [-0.15, -0.1) is 10.2 Å². The van der Waals surface area contributed by atoms with Crippen LogP contribution < -0.4 is 5.32 Å². The SMILES string of the molecule is CCNC(CCc1nnn(C)n1)C1CC1. The van der Waals surface area contributed by atoms with Crippen molar-refractivity contribution < 1.29 is 0 Å². The summed E-state index contributed by atoms with van der Waals surface area (Å²) in [5.74, 6) is 1.75. The van der Waals surface area contributed by atoms with Gasteiger partial charge in [-0.25, -0.2) is 0 Å². The van der Waals surface area contributed by atoms with Gasteiger partial charge in [0, 0.05) is 12.5 Å². The number of hydrogen-bond donors (Lipinski definition) is 1. The molecule has 1 aromatic heterocycles. The van der Waals surface area contributed by atoms with Gasteiger partial charge >= 0.3 is 0 Å². The smallest absolute Gasteiger partial charge is 0.174 e. The molecule has 1 saturated carbocycles.